The Morgan fingerprint density at radius 2 is 0.889 bits per heavy atom. The van der Waals surface area contributed by atoms with Gasteiger partial charge in [-0.3, -0.25) is 0 Å². The Kier molecular flexibility index (Phi) is 11.2. The lowest BCUT2D eigenvalue weighted by Gasteiger charge is -2.30. The Morgan fingerprint density at radius 1 is 0.431 bits per heavy atom. The summed E-state index contributed by atoms with van der Waals surface area (Å²) in [7, 11) is 0. The molecule has 4 nitrogen and oxygen atoms in total. The zero-order valence-electron chi connectivity index (χ0n) is 40.5. The predicted molar refractivity (Wildman–Crippen MR) is 311 cm³/mol. The lowest BCUT2D eigenvalue weighted by Crippen LogP contribution is -2.41. The number of halogens is 1. The van der Waals surface area contributed by atoms with Crippen LogP contribution in [0.1, 0.15) is 61.8 Å². The van der Waals surface area contributed by atoms with Gasteiger partial charge in [0.05, 0.1) is 45.6 Å². The van der Waals surface area contributed by atoms with Gasteiger partial charge < -0.3 is 18.6 Å². The Balaban J connectivity index is 0.000000109. The molecule has 4 aromatic heterocycles. The SMILES string of the molecule is CC1(C)OC(c2ccc3c(c2)-c2ccccc2C3)OC1(C)C.Ic1cc2c(s1)c1ccccc1n2-c1ccccc1.c1ccc(-n2c3ccccc3c3sc(-c4ccc5c(c4)-c4ccccc4C5)cc32)cc1. The van der Waals surface area contributed by atoms with E-state index in [4.69, 9.17) is 9.47 Å². The molecule has 8 aromatic carbocycles. The standard InChI is InChI=1S/C29H19NS.C20H22O2.C16H10INS/c1-2-9-22(10-3-1)30-26-13-7-6-12-24(26)29-27(30)18-28(31-29)21-15-14-20-16-19-8-4-5-11-23(19)25(20)17-21;1-19(2)20(3,4)22-18(21-19)15-10-9-14-11-13-7-5-6-8-16(13)17(14)12-15;17-15-10-14-16(19-15)12-8-4-5-9-13(12)18(14)11-6-2-1-3-7-11/h1-15,17-18H,16H2;5-10,12,18H,11H2,1-4H3;1-10H. The summed E-state index contributed by atoms with van der Waals surface area (Å²) in [5.41, 5.74) is 20.5. The molecule has 0 radical (unpaired) electrons. The Morgan fingerprint density at radius 3 is 1.47 bits per heavy atom. The molecule has 3 aliphatic rings. The number of aromatic nitrogens is 2. The van der Waals surface area contributed by atoms with Gasteiger partial charge in [-0.25, -0.2) is 0 Å². The molecule has 0 unspecified atom stereocenters. The zero-order chi connectivity index (χ0) is 48.7. The molecule has 1 saturated heterocycles. The van der Waals surface area contributed by atoms with Crippen molar-refractivity contribution < 1.29 is 9.47 Å². The first-order valence-corrected chi connectivity index (χ1v) is 27.4. The minimum Gasteiger partial charge on any atom is -0.339 e. The smallest absolute Gasteiger partial charge is 0.185 e. The third kappa shape index (κ3) is 7.76. The highest BCUT2D eigenvalue weighted by atomic mass is 127. The van der Waals surface area contributed by atoms with Gasteiger partial charge >= 0.3 is 0 Å². The molecular formula is C65H51IN2O2S2. The van der Waals surface area contributed by atoms with Gasteiger partial charge in [0.1, 0.15) is 0 Å². The normalized spacial score (nSPS) is 15.0. The maximum atomic E-state index is 6.18. The second kappa shape index (κ2) is 17.9. The molecule has 1 aliphatic heterocycles. The van der Waals surface area contributed by atoms with Crippen LogP contribution in [0.25, 0.3) is 86.3 Å². The maximum Gasteiger partial charge on any atom is 0.185 e. The van der Waals surface area contributed by atoms with E-state index >= 15 is 0 Å². The van der Waals surface area contributed by atoms with Crippen LogP contribution < -0.4 is 0 Å². The molecule has 15 rings (SSSR count). The minimum absolute atomic E-state index is 0.289. The summed E-state index contributed by atoms with van der Waals surface area (Å²) in [5.74, 6) is 0. The zero-order valence-corrected chi connectivity index (χ0v) is 44.3. The van der Waals surface area contributed by atoms with E-state index in [-0.39, 0.29) is 17.5 Å². The monoisotopic (exact) mass is 1080 g/mol. The van der Waals surface area contributed by atoms with E-state index in [0.717, 1.165) is 18.4 Å². The number of thiophene rings is 2. The minimum atomic E-state index is -0.297. The number of para-hydroxylation sites is 4. The largest absolute Gasteiger partial charge is 0.339 e. The summed E-state index contributed by atoms with van der Waals surface area (Å²) in [6.07, 6.45) is 1.78. The average Bonchev–Trinajstić information content (AvgIpc) is 4.28. The van der Waals surface area contributed by atoms with Crippen LogP contribution in [0.2, 0.25) is 0 Å². The van der Waals surface area contributed by atoms with Crippen LogP contribution in [-0.2, 0) is 22.3 Å². The molecule has 1 fully saturated rings. The molecule has 7 heteroatoms. The fourth-order valence-corrected chi connectivity index (χ4v) is 13.9. The number of rotatable bonds is 4. The van der Waals surface area contributed by atoms with Crippen LogP contribution in [0.5, 0.6) is 0 Å². The third-order valence-electron chi connectivity index (χ3n) is 15.1. The highest BCUT2D eigenvalue weighted by Gasteiger charge is 2.49. The Labute approximate surface area is 441 Å². The molecule has 5 heterocycles. The topological polar surface area (TPSA) is 28.3 Å². The van der Waals surface area contributed by atoms with Crippen LogP contribution >= 0.6 is 45.3 Å². The van der Waals surface area contributed by atoms with E-state index in [1.807, 2.05) is 22.7 Å². The quantitative estimate of drug-likeness (QED) is 0.164. The van der Waals surface area contributed by atoms with Crippen LogP contribution in [0.4, 0.5) is 0 Å². The fourth-order valence-electron chi connectivity index (χ4n) is 10.8. The van der Waals surface area contributed by atoms with Gasteiger partial charge in [-0.2, -0.15) is 0 Å². The van der Waals surface area contributed by atoms with Crippen molar-refractivity contribution in [3.63, 3.8) is 0 Å². The van der Waals surface area contributed by atoms with E-state index in [1.54, 1.807) is 0 Å². The number of hydrogen-bond donors (Lipinski definition) is 0. The summed E-state index contributed by atoms with van der Waals surface area (Å²) >= 11 is 6.17. The van der Waals surface area contributed by atoms with Crippen LogP contribution in [0, 0.1) is 2.88 Å². The molecule has 352 valence electrons. The summed E-state index contributed by atoms with van der Waals surface area (Å²) in [4.78, 5) is 1.33. The number of benzene rings is 8. The number of hydrogen-bond acceptors (Lipinski definition) is 4. The molecule has 0 amide bonds. The van der Waals surface area contributed by atoms with Gasteiger partial charge in [0.15, 0.2) is 6.29 Å². The maximum absolute atomic E-state index is 6.18. The average molecular weight is 1080 g/mol. The molecular weight excluding hydrogens is 1030 g/mol. The molecule has 0 spiro atoms. The van der Waals surface area contributed by atoms with Crippen molar-refractivity contribution in [3.8, 4) is 44.1 Å². The third-order valence-corrected chi connectivity index (χ3v) is 18.2. The second-order valence-corrected chi connectivity index (χ2v) is 24.0. The molecule has 0 atom stereocenters. The molecule has 0 saturated carbocycles. The van der Waals surface area contributed by atoms with Crippen molar-refractivity contribution in [2.45, 2.75) is 58.0 Å². The van der Waals surface area contributed by atoms with E-state index in [2.05, 4.69) is 266 Å². The predicted octanol–water partition coefficient (Wildman–Crippen LogP) is 18.4. The molecule has 72 heavy (non-hydrogen) atoms. The Bertz CT molecular complexity index is 4010. The first-order chi connectivity index (χ1) is 35.1. The van der Waals surface area contributed by atoms with E-state index in [0.29, 0.717) is 0 Å². The van der Waals surface area contributed by atoms with Gasteiger partial charge in [0.25, 0.3) is 0 Å². The Hall–Kier alpha value is -6.59. The van der Waals surface area contributed by atoms with Gasteiger partial charge in [0.2, 0.25) is 0 Å². The van der Waals surface area contributed by atoms with Crippen molar-refractivity contribution in [3.05, 3.63) is 237 Å². The van der Waals surface area contributed by atoms with Crippen molar-refractivity contribution in [2.75, 3.05) is 0 Å². The number of ether oxygens (including phenoxy) is 2. The van der Waals surface area contributed by atoms with Crippen molar-refractivity contribution >= 4 is 87.5 Å². The number of nitrogens with zero attached hydrogens (tertiary/aromatic N) is 2. The van der Waals surface area contributed by atoms with Gasteiger partial charge in [0, 0.05) is 32.6 Å². The van der Waals surface area contributed by atoms with E-state index < -0.39 is 0 Å². The lowest BCUT2D eigenvalue weighted by molar-refractivity contribution is -0.0895. The van der Waals surface area contributed by atoms with E-state index in [1.165, 1.54) is 111 Å². The first-order valence-electron chi connectivity index (χ1n) is 24.7. The van der Waals surface area contributed by atoms with Crippen molar-refractivity contribution in [1.29, 1.82) is 0 Å². The highest BCUT2D eigenvalue weighted by molar-refractivity contribution is 14.1. The van der Waals surface area contributed by atoms with Crippen LogP contribution in [0.15, 0.2) is 206 Å². The molecule has 2 aliphatic carbocycles. The van der Waals surface area contributed by atoms with Gasteiger partial charge in [-0.15, -0.1) is 22.7 Å². The van der Waals surface area contributed by atoms with E-state index in [9.17, 15) is 0 Å². The summed E-state index contributed by atoms with van der Waals surface area (Å²) in [6.45, 7) is 8.37. The molecule has 0 N–H and O–H groups in total. The summed E-state index contributed by atoms with van der Waals surface area (Å²) in [6, 6.07) is 74.3. The first kappa shape index (κ1) is 45.3. The van der Waals surface area contributed by atoms with Crippen molar-refractivity contribution in [1.82, 2.24) is 9.13 Å². The summed E-state index contributed by atoms with van der Waals surface area (Å²) in [5, 5.41) is 2.67. The highest BCUT2D eigenvalue weighted by Crippen LogP contribution is 2.48. The lowest BCUT2D eigenvalue weighted by atomic mass is 9.90. The molecule has 12 aromatic rings. The van der Waals surface area contributed by atoms with Crippen LogP contribution in [-0.4, -0.2) is 20.3 Å². The molecule has 0 bridgehead atoms. The second-order valence-electron chi connectivity index (χ2n) is 20.0. The van der Waals surface area contributed by atoms with Gasteiger partial charge in [-0.05, 0) is 174 Å². The summed E-state index contributed by atoms with van der Waals surface area (Å²) < 4.78 is 21.2. The van der Waals surface area contributed by atoms with Crippen LogP contribution in [0.3, 0.4) is 0 Å². The van der Waals surface area contributed by atoms with Crippen molar-refractivity contribution in [2.24, 2.45) is 0 Å². The fraction of sp³-hybridized carbons (Fsp3) is 0.138. The van der Waals surface area contributed by atoms with Gasteiger partial charge in [-0.1, -0.05) is 146 Å². The number of fused-ring (bicyclic) bond motifs is 12.